The van der Waals surface area contributed by atoms with Gasteiger partial charge in [0.2, 0.25) is 0 Å². The first-order chi connectivity index (χ1) is 7.59. The van der Waals surface area contributed by atoms with Crippen molar-refractivity contribution in [3.05, 3.63) is 23.9 Å². The van der Waals surface area contributed by atoms with E-state index in [0.717, 1.165) is 5.82 Å². The number of nitriles is 1. The Kier molecular flexibility index (Phi) is 2.82. The minimum Gasteiger partial charge on any atom is -0.367 e. The van der Waals surface area contributed by atoms with Gasteiger partial charge in [0.1, 0.15) is 11.9 Å². The fourth-order valence-electron chi connectivity index (χ4n) is 2.31. The van der Waals surface area contributed by atoms with Gasteiger partial charge in [-0.2, -0.15) is 5.26 Å². The summed E-state index contributed by atoms with van der Waals surface area (Å²) in [6.45, 7) is 4.61. The molecule has 1 aromatic heterocycles. The summed E-state index contributed by atoms with van der Waals surface area (Å²) in [5.41, 5.74) is 1.06. The molecule has 0 saturated heterocycles. The molecule has 0 bridgehead atoms. The van der Waals surface area contributed by atoms with Crippen LogP contribution in [0.1, 0.15) is 38.7 Å². The molecule has 1 aliphatic rings. The van der Waals surface area contributed by atoms with Crippen LogP contribution in [-0.2, 0) is 0 Å². The highest BCUT2D eigenvalue weighted by molar-refractivity contribution is 5.40. The predicted octanol–water partition coefficient (Wildman–Crippen LogP) is 2.94. The number of nitrogens with zero attached hydrogens (tertiary/aromatic N) is 2. The summed E-state index contributed by atoms with van der Waals surface area (Å²) in [7, 11) is 0. The summed E-state index contributed by atoms with van der Waals surface area (Å²) in [6.07, 6.45) is 5.27. The van der Waals surface area contributed by atoms with Gasteiger partial charge in [-0.25, -0.2) is 4.98 Å². The molecule has 0 spiro atoms. The van der Waals surface area contributed by atoms with Crippen LogP contribution in [0.3, 0.4) is 0 Å². The first kappa shape index (κ1) is 10.9. The lowest BCUT2D eigenvalue weighted by Crippen LogP contribution is -2.18. The molecule has 0 aliphatic heterocycles. The number of hydrogen-bond donors (Lipinski definition) is 1. The van der Waals surface area contributed by atoms with E-state index in [1.807, 2.05) is 6.07 Å². The molecule has 3 heteroatoms. The molecule has 3 nitrogen and oxygen atoms in total. The molecule has 1 saturated carbocycles. The van der Waals surface area contributed by atoms with Crippen molar-refractivity contribution in [1.82, 2.24) is 4.98 Å². The van der Waals surface area contributed by atoms with E-state index in [1.54, 1.807) is 12.3 Å². The molecule has 0 amide bonds. The monoisotopic (exact) mass is 215 g/mol. The molecule has 1 fully saturated rings. The van der Waals surface area contributed by atoms with Gasteiger partial charge in [-0.05, 0) is 36.8 Å². The van der Waals surface area contributed by atoms with Crippen LogP contribution in [0.15, 0.2) is 18.3 Å². The van der Waals surface area contributed by atoms with Crippen molar-refractivity contribution in [1.29, 1.82) is 5.26 Å². The van der Waals surface area contributed by atoms with Gasteiger partial charge in [-0.1, -0.05) is 13.8 Å². The lowest BCUT2D eigenvalue weighted by Gasteiger charge is -2.18. The molecule has 1 N–H and O–H groups in total. The van der Waals surface area contributed by atoms with Crippen molar-refractivity contribution in [2.24, 2.45) is 5.41 Å². The van der Waals surface area contributed by atoms with Crippen LogP contribution in [0.2, 0.25) is 0 Å². The smallest absolute Gasteiger partial charge is 0.126 e. The van der Waals surface area contributed by atoms with Crippen LogP contribution in [0.5, 0.6) is 0 Å². The topological polar surface area (TPSA) is 48.7 Å². The van der Waals surface area contributed by atoms with Crippen LogP contribution in [-0.4, -0.2) is 11.0 Å². The van der Waals surface area contributed by atoms with Gasteiger partial charge in [-0.3, -0.25) is 0 Å². The maximum Gasteiger partial charge on any atom is 0.126 e. The molecule has 1 atom stereocenters. The van der Waals surface area contributed by atoms with E-state index >= 15 is 0 Å². The van der Waals surface area contributed by atoms with Gasteiger partial charge in [0.25, 0.3) is 0 Å². The van der Waals surface area contributed by atoms with Crippen LogP contribution < -0.4 is 5.32 Å². The molecule has 1 aromatic rings. The Bertz CT molecular complexity index is 400. The van der Waals surface area contributed by atoms with Gasteiger partial charge >= 0.3 is 0 Å². The lowest BCUT2D eigenvalue weighted by molar-refractivity contribution is 0.378. The van der Waals surface area contributed by atoms with E-state index in [4.69, 9.17) is 5.26 Å². The zero-order valence-corrected chi connectivity index (χ0v) is 9.83. The number of anilines is 1. The zero-order chi connectivity index (χ0) is 11.6. The quantitative estimate of drug-likeness (QED) is 0.825. The van der Waals surface area contributed by atoms with E-state index < -0.39 is 0 Å². The van der Waals surface area contributed by atoms with Crippen molar-refractivity contribution in [2.75, 3.05) is 5.32 Å². The highest BCUT2D eigenvalue weighted by Crippen LogP contribution is 2.37. The van der Waals surface area contributed by atoms with Gasteiger partial charge in [-0.15, -0.1) is 0 Å². The zero-order valence-electron chi connectivity index (χ0n) is 9.83. The van der Waals surface area contributed by atoms with Crippen LogP contribution in [0.25, 0.3) is 0 Å². The number of nitrogens with one attached hydrogen (secondary N) is 1. The third-order valence-electron chi connectivity index (χ3n) is 3.21. The molecule has 0 aromatic carbocycles. The molecule has 1 heterocycles. The summed E-state index contributed by atoms with van der Waals surface area (Å²) >= 11 is 0. The Hall–Kier alpha value is -1.56. The summed E-state index contributed by atoms with van der Waals surface area (Å²) in [5, 5.41) is 12.1. The van der Waals surface area contributed by atoms with Crippen molar-refractivity contribution in [2.45, 2.75) is 39.2 Å². The second kappa shape index (κ2) is 4.13. The molecule has 1 aliphatic carbocycles. The van der Waals surface area contributed by atoms with Crippen molar-refractivity contribution in [3.63, 3.8) is 0 Å². The van der Waals surface area contributed by atoms with Gasteiger partial charge in [0.15, 0.2) is 0 Å². The molecule has 0 radical (unpaired) electrons. The van der Waals surface area contributed by atoms with E-state index in [9.17, 15) is 0 Å². The normalized spacial score (nSPS) is 22.7. The number of aromatic nitrogens is 1. The van der Waals surface area contributed by atoms with Crippen LogP contribution in [0.4, 0.5) is 5.82 Å². The first-order valence-corrected chi connectivity index (χ1v) is 5.72. The highest BCUT2D eigenvalue weighted by Gasteiger charge is 2.30. The summed E-state index contributed by atoms with van der Waals surface area (Å²) < 4.78 is 0. The molecule has 2 rings (SSSR count). The second-order valence-corrected chi connectivity index (χ2v) is 5.29. The number of rotatable bonds is 2. The van der Waals surface area contributed by atoms with E-state index in [1.165, 1.54) is 19.3 Å². The average Bonchev–Trinajstić information content (AvgIpc) is 2.59. The number of pyridine rings is 1. The Morgan fingerprint density at radius 3 is 2.81 bits per heavy atom. The van der Waals surface area contributed by atoms with Crippen LogP contribution >= 0.6 is 0 Å². The molecule has 16 heavy (non-hydrogen) atoms. The molecular formula is C13H17N3. The Morgan fingerprint density at radius 1 is 1.50 bits per heavy atom. The largest absolute Gasteiger partial charge is 0.367 e. The summed E-state index contributed by atoms with van der Waals surface area (Å²) in [6, 6.07) is 6.27. The SMILES string of the molecule is CC1(C)CCC(Nc2ccc(C#N)cn2)C1. The van der Waals surface area contributed by atoms with Crippen molar-refractivity contribution >= 4 is 5.82 Å². The van der Waals surface area contributed by atoms with E-state index in [2.05, 4.69) is 30.2 Å². The Labute approximate surface area is 96.5 Å². The Balaban J connectivity index is 1.97. The standard InChI is InChI=1S/C13H17N3/c1-13(2)6-5-11(7-13)16-12-4-3-10(8-14)9-15-12/h3-4,9,11H,5-7H2,1-2H3,(H,15,16). The Morgan fingerprint density at radius 2 is 2.31 bits per heavy atom. The average molecular weight is 215 g/mol. The maximum atomic E-state index is 8.67. The highest BCUT2D eigenvalue weighted by atomic mass is 15.0. The fourth-order valence-corrected chi connectivity index (χ4v) is 2.31. The molecule has 1 unspecified atom stereocenters. The van der Waals surface area contributed by atoms with Gasteiger partial charge in [0.05, 0.1) is 5.56 Å². The second-order valence-electron chi connectivity index (χ2n) is 5.29. The molecule has 84 valence electrons. The van der Waals surface area contributed by atoms with E-state index in [0.29, 0.717) is 17.0 Å². The fraction of sp³-hybridized carbons (Fsp3) is 0.538. The summed E-state index contributed by atoms with van der Waals surface area (Å²) in [5.74, 6) is 0.877. The first-order valence-electron chi connectivity index (χ1n) is 5.72. The van der Waals surface area contributed by atoms with Crippen molar-refractivity contribution < 1.29 is 0 Å². The van der Waals surface area contributed by atoms with Crippen molar-refractivity contribution in [3.8, 4) is 6.07 Å². The van der Waals surface area contributed by atoms with E-state index in [-0.39, 0.29) is 0 Å². The number of hydrogen-bond acceptors (Lipinski definition) is 3. The maximum absolute atomic E-state index is 8.67. The predicted molar refractivity (Wildman–Crippen MR) is 64.0 cm³/mol. The van der Waals surface area contributed by atoms with Gasteiger partial charge < -0.3 is 5.32 Å². The third-order valence-corrected chi connectivity index (χ3v) is 3.21. The minimum atomic E-state index is 0.449. The molecular weight excluding hydrogens is 198 g/mol. The van der Waals surface area contributed by atoms with Gasteiger partial charge in [0, 0.05) is 12.2 Å². The third kappa shape index (κ3) is 2.52. The summed E-state index contributed by atoms with van der Waals surface area (Å²) in [4.78, 5) is 4.23. The minimum absolute atomic E-state index is 0.449. The lowest BCUT2D eigenvalue weighted by atomic mass is 9.92. The van der Waals surface area contributed by atoms with Crippen LogP contribution in [0, 0.1) is 16.7 Å².